The molecule has 0 fully saturated rings. The lowest BCUT2D eigenvalue weighted by molar-refractivity contribution is 0.0973. The van der Waals surface area contributed by atoms with Crippen LogP contribution in [0.15, 0.2) is 29.5 Å². The maximum absolute atomic E-state index is 12.4. The number of carbonyl (C=O) groups excluding carboxylic acids is 2. The maximum Gasteiger partial charge on any atom is 0.211 e. The van der Waals surface area contributed by atoms with Crippen LogP contribution in [0.4, 0.5) is 5.69 Å². The van der Waals surface area contributed by atoms with Crippen LogP contribution in [0.3, 0.4) is 0 Å². The Hall–Kier alpha value is -2.61. The molecule has 1 aliphatic carbocycles. The van der Waals surface area contributed by atoms with Crippen molar-refractivity contribution in [1.29, 1.82) is 5.26 Å². The largest absolute Gasteiger partial charge is 0.398 e. The summed E-state index contributed by atoms with van der Waals surface area (Å²) in [4.78, 5) is 24.7. The van der Waals surface area contributed by atoms with E-state index >= 15 is 0 Å². The Morgan fingerprint density at radius 2 is 2.05 bits per heavy atom. The number of nitriles is 1. The van der Waals surface area contributed by atoms with Crippen LogP contribution in [0.1, 0.15) is 40.5 Å². The number of nitrogens with one attached hydrogen (secondary N) is 1. The highest BCUT2D eigenvalue weighted by molar-refractivity contribution is 6.29. The summed E-state index contributed by atoms with van der Waals surface area (Å²) in [5.41, 5.74) is 6.30. The number of benzene rings is 1. The number of anilines is 1. The lowest BCUT2D eigenvalue weighted by atomic mass is 9.86. The summed E-state index contributed by atoms with van der Waals surface area (Å²) in [6.07, 6.45) is 1.81. The number of hydrogen-bond acceptors (Lipinski definition) is 5. The number of unbranched alkanes of at least 4 members (excludes halogenated alkanes) is 1. The lowest BCUT2D eigenvalue weighted by Crippen LogP contribution is -2.31. The van der Waals surface area contributed by atoms with Crippen molar-refractivity contribution in [3.8, 4) is 6.07 Å². The number of carbonyl (C=O) groups is 2. The molecular formula is C15H15N3O2. The third kappa shape index (κ3) is 2.16. The highest BCUT2D eigenvalue weighted by atomic mass is 16.1. The number of nitrogen functional groups attached to an aromatic ring is 1. The Kier molecular flexibility index (Phi) is 3.85. The molecule has 0 amide bonds. The SMILES string of the molecule is CCCCNC1=C(C#N)C(=O)c2c(N)cccc2C1=O. The lowest BCUT2D eigenvalue weighted by Gasteiger charge is -2.19. The zero-order chi connectivity index (χ0) is 14.7. The van der Waals surface area contributed by atoms with Gasteiger partial charge < -0.3 is 11.1 Å². The second-order valence-corrected chi connectivity index (χ2v) is 4.57. The first-order valence-electron chi connectivity index (χ1n) is 6.48. The van der Waals surface area contributed by atoms with E-state index in [-0.39, 0.29) is 33.9 Å². The number of ketones is 2. The van der Waals surface area contributed by atoms with E-state index in [4.69, 9.17) is 11.0 Å². The fourth-order valence-corrected chi connectivity index (χ4v) is 2.17. The molecule has 5 nitrogen and oxygen atoms in total. The van der Waals surface area contributed by atoms with Crippen molar-refractivity contribution >= 4 is 17.3 Å². The van der Waals surface area contributed by atoms with Crippen molar-refractivity contribution in [2.75, 3.05) is 12.3 Å². The molecule has 0 saturated heterocycles. The predicted octanol–water partition coefficient (Wildman–Crippen LogP) is 1.82. The van der Waals surface area contributed by atoms with Crippen LogP contribution < -0.4 is 11.1 Å². The standard InChI is InChI=1S/C15H15N3O2/c1-2-3-7-18-13-10(8-16)14(19)12-9(15(13)20)5-4-6-11(12)17/h4-6,18H,2-3,7,17H2,1H3. The molecule has 2 rings (SSSR count). The van der Waals surface area contributed by atoms with Gasteiger partial charge in [-0.1, -0.05) is 25.5 Å². The first-order chi connectivity index (χ1) is 9.61. The van der Waals surface area contributed by atoms with Crippen LogP contribution in [0.25, 0.3) is 0 Å². The average Bonchev–Trinajstić information content (AvgIpc) is 2.44. The van der Waals surface area contributed by atoms with Gasteiger partial charge in [-0.3, -0.25) is 9.59 Å². The van der Waals surface area contributed by atoms with Crippen LogP contribution in [0.2, 0.25) is 0 Å². The zero-order valence-electron chi connectivity index (χ0n) is 11.2. The van der Waals surface area contributed by atoms with Gasteiger partial charge in [0.1, 0.15) is 17.3 Å². The fraction of sp³-hybridized carbons (Fsp3) is 0.267. The Morgan fingerprint density at radius 1 is 1.30 bits per heavy atom. The normalized spacial score (nSPS) is 14.0. The highest BCUT2D eigenvalue weighted by Gasteiger charge is 2.33. The van der Waals surface area contributed by atoms with Gasteiger partial charge >= 0.3 is 0 Å². The second kappa shape index (κ2) is 5.57. The topological polar surface area (TPSA) is 96.0 Å². The first-order valence-corrected chi connectivity index (χ1v) is 6.48. The molecule has 1 aromatic carbocycles. The summed E-state index contributed by atoms with van der Waals surface area (Å²) in [7, 11) is 0. The molecule has 0 heterocycles. The number of fused-ring (bicyclic) bond motifs is 1. The van der Waals surface area contributed by atoms with Crippen LogP contribution in [0, 0.1) is 11.3 Å². The molecule has 102 valence electrons. The van der Waals surface area contributed by atoms with Gasteiger partial charge in [-0.05, 0) is 12.5 Å². The van der Waals surface area contributed by atoms with Crippen LogP contribution >= 0.6 is 0 Å². The molecule has 5 heteroatoms. The van der Waals surface area contributed by atoms with E-state index in [1.54, 1.807) is 18.2 Å². The van der Waals surface area contributed by atoms with Gasteiger partial charge in [-0.15, -0.1) is 0 Å². The minimum absolute atomic E-state index is 0.0871. The van der Waals surface area contributed by atoms with Crippen molar-refractivity contribution in [2.24, 2.45) is 0 Å². The number of allylic oxidation sites excluding steroid dienone is 2. The van der Waals surface area contributed by atoms with Crippen LogP contribution in [0.5, 0.6) is 0 Å². The first kappa shape index (κ1) is 13.8. The summed E-state index contributed by atoms with van der Waals surface area (Å²) >= 11 is 0. The predicted molar refractivity (Wildman–Crippen MR) is 75.1 cm³/mol. The minimum atomic E-state index is -0.487. The second-order valence-electron chi connectivity index (χ2n) is 4.57. The van der Waals surface area contributed by atoms with E-state index < -0.39 is 5.78 Å². The molecule has 0 unspecified atom stereocenters. The van der Waals surface area contributed by atoms with Gasteiger partial charge in [0, 0.05) is 17.8 Å². The maximum atomic E-state index is 12.4. The fourth-order valence-electron chi connectivity index (χ4n) is 2.17. The molecule has 0 aromatic heterocycles. The third-order valence-electron chi connectivity index (χ3n) is 3.22. The minimum Gasteiger partial charge on any atom is -0.398 e. The Balaban J connectivity index is 2.50. The van der Waals surface area contributed by atoms with Gasteiger partial charge in [0.15, 0.2) is 0 Å². The quantitative estimate of drug-likeness (QED) is 0.642. The van der Waals surface area contributed by atoms with E-state index in [0.717, 1.165) is 12.8 Å². The number of rotatable bonds is 4. The summed E-state index contributed by atoms with van der Waals surface area (Å²) in [6, 6.07) is 6.55. The smallest absolute Gasteiger partial charge is 0.211 e. The molecule has 0 aliphatic heterocycles. The molecule has 0 bridgehead atoms. The van der Waals surface area contributed by atoms with Gasteiger partial charge in [-0.25, -0.2) is 0 Å². The number of nitrogens with zero attached hydrogens (tertiary/aromatic N) is 1. The number of Topliss-reactive ketones (excluding diaryl/α,β-unsaturated/α-hetero) is 2. The van der Waals surface area contributed by atoms with Crippen LogP contribution in [-0.4, -0.2) is 18.1 Å². The van der Waals surface area contributed by atoms with Crippen molar-refractivity contribution < 1.29 is 9.59 Å². The Bertz CT molecular complexity index is 654. The van der Waals surface area contributed by atoms with Crippen LogP contribution in [-0.2, 0) is 0 Å². The molecule has 3 N–H and O–H groups in total. The molecule has 20 heavy (non-hydrogen) atoms. The summed E-state index contributed by atoms with van der Waals surface area (Å²) in [5.74, 6) is -0.834. The van der Waals surface area contributed by atoms with E-state index in [1.807, 2.05) is 13.0 Å². The van der Waals surface area contributed by atoms with E-state index in [9.17, 15) is 9.59 Å². The molecule has 1 aromatic rings. The average molecular weight is 269 g/mol. The van der Waals surface area contributed by atoms with E-state index in [0.29, 0.717) is 6.54 Å². The Labute approximate surface area is 117 Å². The van der Waals surface area contributed by atoms with Gasteiger partial charge in [0.05, 0.1) is 5.56 Å². The van der Waals surface area contributed by atoms with E-state index in [1.165, 1.54) is 0 Å². The third-order valence-corrected chi connectivity index (χ3v) is 3.22. The molecule has 0 saturated carbocycles. The Morgan fingerprint density at radius 3 is 2.70 bits per heavy atom. The molecule has 0 spiro atoms. The molecular weight excluding hydrogens is 254 g/mol. The van der Waals surface area contributed by atoms with Crippen molar-refractivity contribution in [3.05, 3.63) is 40.6 Å². The molecule has 0 radical (unpaired) electrons. The molecule has 0 atom stereocenters. The van der Waals surface area contributed by atoms with E-state index in [2.05, 4.69) is 5.32 Å². The zero-order valence-corrected chi connectivity index (χ0v) is 11.2. The van der Waals surface area contributed by atoms with Gasteiger partial charge in [-0.2, -0.15) is 5.26 Å². The van der Waals surface area contributed by atoms with Crippen molar-refractivity contribution in [2.45, 2.75) is 19.8 Å². The van der Waals surface area contributed by atoms with Gasteiger partial charge in [0.25, 0.3) is 0 Å². The summed E-state index contributed by atoms with van der Waals surface area (Å²) in [6.45, 7) is 2.57. The monoisotopic (exact) mass is 269 g/mol. The van der Waals surface area contributed by atoms with Crippen molar-refractivity contribution in [1.82, 2.24) is 5.32 Å². The summed E-state index contributed by atoms with van der Waals surface area (Å²) < 4.78 is 0. The van der Waals surface area contributed by atoms with Gasteiger partial charge in [0.2, 0.25) is 11.6 Å². The highest BCUT2D eigenvalue weighted by Crippen LogP contribution is 2.28. The summed E-state index contributed by atoms with van der Waals surface area (Å²) in [5, 5.41) is 12.1. The number of hydrogen-bond donors (Lipinski definition) is 2. The molecule has 1 aliphatic rings. The van der Waals surface area contributed by atoms with Crippen molar-refractivity contribution in [3.63, 3.8) is 0 Å². The number of nitrogens with two attached hydrogens (primary N) is 1.